The normalized spacial score (nSPS) is 19.4. The zero-order chi connectivity index (χ0) is 8.39. The lowest BCUT2D eigenvalue weighted by molar-refractivity contribution is 0.564. The van der Waals surface area contributed by atoms with Gasteiger partial charge < -0.3 is 5.73 Å². The second kappa shape index (κ2) is 3.23. The fraction of sp³-hybridized carbons (Fsp3) is 0.750. The van der Waals surface area contributed by atoms with Crippen molar-refractivity contribution < 1.29 is 0 Å². The van der Waals surface area contributed by atoms with Crippen molar-refractivity contribution in [1.82, 2.24) is 15.4 Å². The zero-order valence-electron chi connectivity index (χ0n) is 7.03. The van der Waals surface area contributed by atoms with Gasteiger partial charge in [0.05, 0.1) is 17.9 Å². The third-order valence-corrected chi connectivity index (χ3v) is 2.40. The fourth-order valence-electron chi connectivity index (χ4n) is 1.36. The lowest BCUT2D eigenvalue weighted by Crippen LogP contribution is -2.10. The Kier molecular flexibility index (Phi) is 2.08. The number of nitrogens with two attached hydrogens (primary N) is 1. The summed E-state index contributed by atoms with van der Waals surface area (Å²) in [6.45, 7) is 0. The van der Waals surface area contributed by atoms with Crippen molar-refractivity contribution in [2.24, 2.45) is 11.7 Å². The molecule has 4 heteroatoms. The highest BCUT2D eigenvalue weighted by atomic mass is 15.3. The highest BCUT2D eigenvalue weighted by Crippen LogP contribution is 2.35. The van der Waals surface area contributed by atoms with Gasteiger partial charge in [-0.15, -0.1) is 0 Å². The molecule has 2 rings (SSSR count). The second-order valence-corrected chi connectivity index (χ2v) is 3.52. The Morgan fingerprint density at radius 2 is 2.50 bits per heavy atom. The van der Waals surface area contributed by atoms with E-state index in [0.29, 0.717) is 0 Å². The van der Waals surface area contributed by atoms with Crippen molar-refractivity contribution in [1.29, 1.82) is 0 Å². The zero-order valence-corrected chi connectivity index (χ0v) is 7.03. The molecule has 66 valence electrons. The average Bonchev–Trinajstić information content (AvgIpc) is 2.74. The van der Waals surface area contributed by atoms with Gasteiger partial charge in [0.15, 0.2) is 0 Å². The van der Waals surface area contributed by atoms with Crippen LogP contribution in [0, 0.1) is 5.92 Å². The SMILES string of the molecule is NC(CCC1CC1)c1cn[nH]n1. The van der Waals surface area contributed by atoms with Crippen LogP contribution >= 0.6 is 0 Å². The first-order valence-corrected chi connectivity index (χ1v) is 4.47. The van der Waals surface area contributed by atoms with Crippen LogP contribution in [0.2, 0.25) is 0 Å². The van der Waals surface area contributed by atoms with Crippen molar-refractivity contribution >= 4 is 0 Å². The van der Waals surface area contributed by atoms with Crippen LogP contribution in [0.5, 0.6) is 0 Å². The predicted molar refractivity (Wildman–Crippen MR) is 45.3 cm³/mol. The van der Waals surface area contributed by atoms with E-state index in [2.05, 4.69) is 15.4 Å². The van der Waals surface area contributed by atoms with Crippen LogP contribution in [0.25, 0.3) is 0 Å². The molecule has 12 heavy (non-hydrogen) atoms. The summed E-state index contributed by atoms with van der Waals surface area (Å²) in [6, 6.07) is 0.0735. The summed E-state index contributed by atoms with van der Waals surface area (Å²) in [7, 11) is 0. The molecule has 1 aromatic rings. The van der Waals surface area contributed by atoms with Crippen LogP contribution in [0.15, 0.2) is 6.20 Å². The molecule has 1 aliphatic carbocycles. The summed E-state index contributed by atoms with van der Waals surface area (Å²) in [5.41, 5.74) is 6.78. The predicted octanol–water partition coefficient (Wildman–Crippen LogP) is 0.995. The maximum absolute atomic E-state index is 5.89. The molecule has 0 aromatic carbocycles. The van der Waals surface area contributed by atoms with E-state index in [4.69, 9.17) is 5.73 Å². The summed E-state index contributed by atoms with van der Waals surface area (Å²) in [5, 5.41) is 10.3. The third-order valence-electron chi connectivity index (χ3n) is 2.40. The van der Waals surface area contributed by atoms with Crippen molar-refractivity contribution in [3.63, 3.8) is 0 Å². The molecule has 1 aromatic heterocycles. The summed E-state index contributed by atoms with van der Waals surface area (Å²) in [4.78, 5) is 0. The number of aromatic nitrogens is 3. The molecule has 1 heterocycles. The molecule has 0 aliphatic heterocycles. The van der Waals surface area contributed by atoms with E-state index in [1.54, 1.807) is 6.20 Å². The second-order valence-electron chi connectivity index (χ2n) is 3.52. The minimum Gasteiger partial charge on any atom is -0.323 e. The molecule has 0 spiro atoms. The molecule has 4 nitrogen and oxygen atoms in total. The van der Waals surface area contributed by atoms with Gasteiger partial charge in [0.2, 0.25) is 0 Å². The van der Waals surface area contributed by atoms with Crippen LogP contribution in [0.1, 0.15) is 37.4 Å². The summed E-state index contributed by atoms with van der Waals surface area (Å²) < 4.78 is 0. The Bertz CT molecular complexity index is 227. The highest BCUT2D eigenvalue weighted by molar-refractivity contribution is 4.98. The van der Waals surface area contributed by atoms with Crippen LogP contribution in [0.3, 0.4) is 0 Å². The standard InChI is InChI=1S/C8H14N4/c9-7(4-3-6-1-2-6)8-5-10-12-11-8/h5-7H,1-4,9H2,(H,10,11,12). The maximum Gasteiger partial charge on any atom is 0.0991 e. The molecule has 1 aliphatic rings. The topological polar surface area (TPSA) is 67.6 Å². The van der Waals surface area contributed by atoms with Crippen LogP contribution in [-0.2, 0) is 0 Å². The molecular formula is C8H14N4. The van der Waals surface area contributed by atoms with Gasteiger partial charge in [0.25, 0.3) is 0 Å². The Hall–Kier alpha value is -0.900. The summed E-state index contributed by atoms with van der Waals surface area (Å²) >= 11 is 0. The van der Waals surface area contributed by atoms with Gasteiger partial charge >= 0.3 is 0 Å². The van der Waals surface area contributed by atoms with E-state index in [0.717, 1.165) is 18.0 Å². The Labute approximate surface area is 71.5 Å². The lowest BCUT2D eigenvalue weighted by atomic mass is 10.1. The first-order chi connectivity index (χ1) is 5.86. The maximum atomic E-state index is 5.89. The molecule has 1 fully saturated rings. The fourth-order valence-corrected chi connectivity index (χ4v) is 1.36. The Morgan fingerprint density at radius 1 is 1.67 bits per heavy atom. The number of hydrogen-bond acceptors (Lipinski definition) is 3. The van der Waals surface area contributed by atoms with Gasteiger partial charge in [-0.25, -0.2) is 0 Å². The largest absolute Gasteiger partial charge is 0.323 e. The number of hydrogen-bond donors (Lipinski definition) is 2. The molecule has 1 saturated carbocycles. The Balaban J connectivity index is 1.79. The monoisotopic (exact) mass is 166 g/mol. The number of nitrogens with zero attached hydrogens (tertiary/aromatic N) is 2. The molecule has 0 amide bonds. The van der Waals surface area contributed by atoms with Crippen molar-refractivity contribution in [2.75, 3.05) is 0 Å². The van der Waals surface area contributed by atoms with E-state index >= 15 is 0 Å². The van der Waals surface area contributed by atoms with E-state index in [9.17, 15) is 0 Å². The van der Waals surface area contributed by atoms with Gasteiger partial charge in [0.1, 0.15) is 0 Å². The number of H-pyrrole nitrogens is 1. The number of nitrogens with one attached hydrogen (secondary N) is 1. The summed E-state index contributed by atoms with van der Waals surface area (Å²) in [6.07, 6.45) is 6.78. The summed E-state index contributed by atoms with van der Waals surface area (Å²) in [5.74, 6) is 0.947. The molecule has 3 N–H and O–H groups in total. The number of rotatable bonds is 4. The highest BCUT2D eigenvalue weighted by Gasteiger charge is 2.22. The molecule has 0 saturated heterocycles. The molecule has 1 atom stereocenters. The molecule has 0 radical (unpaired) electrons. The smallest absolute Gasteiger partial charge is 0.0991 e. The quantitative estimate of drug-likeness (QED) is 0.701. The van der Waals surface area contributed by atoms with Gasteiger partial charge in [-0.3, -0.25) is 0 Å². The van der Waals surface area contributed by atoms with E-state index in [-0.39, 0.29) is 6.04 Å². The van der Waals surface area contributed by atoms with Crippen molar-refractivity contribution in [2.45, 2.75) is 31.7 Å². The van der Waals surface area contributed by atoms with E-state index in [1.165, 1.54) is 19.3 Å². The molecule has 0 bridgehead atoms. The first-order valence-electron chi connectivity index (χ1n) is 4.47. The van der Waals surface area contributed by atoms with Crippen molar-refractivity contribution in [3.8, 4) is 0 Å². The first kappa shape index (κ1) is 7.73. The van der Waals surface area contributed by atoms with Crippen LogP contribution < -0.4 is 5.73 Å². The van der Waals surface area contributed by atoms with Gasteiger partial charge in [-0.05, 0) is 18.8 Å². The van der Waals surface area contributed by atoms with Gasteiger partial charge in [0, 0.05) is 0 Å². The van der Waals surface area contributed by atoms with Gasteiger partial charge in [-0.2, -0.15) is 15.4 Å². The van der Waals surface area contributed by atoms with Gasteiger partial charge in [-0.1, -0.05) is 12.8 Å². The molecular weight excluding hydrogens is 152 g/mol. The molecule has 1 unspecified atom stereocenters. The minimum atomic E-state index is 0.0735. The average molecular weight is 166 g/mol. The van der Waals surface area contributed by atoms with Crippen LogP contribution in [0.4, 0.5) is 0 Å². The third kappa shape index (κ3) is 1.82. The van der Waals surface area contributed by atoms with E-state index < -0.39 is 0 Å². The number of aromatic amines is 1. The Morgan fingerprint density at radius 3 is 3.08 bits per heavy atom. The minimum absolute atomic E-state index is 0.0735. The van der Waals surface area contributed by atoms with Crippen LogP contribution in [-0.4, -0.2) is 15.4 Å². The lowest BCUT2D eigenvalue weighted by Gasteiger charge is -2.05. The van der Waals surface area contributed by atoms with Crippen molar-refractivity contribution in [3.05, 3.63) is 11.9 Å². The van der Waals surface area contributed by atoms with E-state index in [1.807, 2.05) is 0 Å².